The van der Waals surface area contributed by atoms with Gasteiger partial charge < -0.3 is 9.26 Å². The van der Waals surface area contributed by atoms with Crippen molar-refractivity contribution >= 4 is 11.9 Å². The lowest BCUT2D eigenvalue weighted by Crippen LogP contribution is -2.13. The lowest BCUT2D eigenvalue weighted by atomic mass is 10.1. The van der Waals surface area contributed by atoms with Crippen LogP contribution in [0.15, 0.2) is 40.9 Å². The fraction of sp³-hybridized carbons (Fsp3) is 0.0769. The molecule has 0 saturated carbocycles. The molecule has 8 nitrogen and oxygen atoms in total. The summed E-state index contributed by atoms with van der Waals surface area (Å²) in [5.41, 5.74) is 0.981. The number of anilines is 1. The van der Waals surface area contributed by atoms with Crippen LogP contribution in [0, 0.1) is 0 Å². The Balaban J connectivity index is 1.75. The maximum absolute atomic E-state index is 12.0. The molecule has 0 aliphatic carbocycles. The van der Waals surface area contributed by atoms with E-state index in [-0.39, 0.29) is 17.7 Å². The van der Waals surface area contributed by atoms with Crippen molar-refractivity contribution in [3.63, 3.8) is 0 Å². The number of benzene rings is 1. The van der Waals surface area contributed by atoms with Crippen molar-refractivity contribution in [3.8, 4) is 17.3 Å². The molecule has 0 saturated heterocycles. The molecule has 0 aliphatic rings. The molecule has 1 amide bonds. The van der Waals surface area contributed by atoms with Crippen molar-refractivity contribution in [2.24, 2.45) is 0 Å². The first-order valence-corrected chi connectivity index (χ1v) is 6.06. The fourth-order valence-corrected chi connectivity index (χ4v) is 1.69. The SMILES string of the molecule is COc1n[nH]c(NC(=O)c2cc(-c3ccccc3)on2)n1. The van der Waals surface area contributed by atoms with Crippen LogP contribution in [-0.2, 0) is 0 Å². The normalized spacial score (nSPS) is 10.3. The van der Waals surface area contributed by atoms with Crippen LogP contribution in [0.2, 0.25) is 0 Å². The minimum atomic E-state index is -0.459. The van der Waals surface area contributed by atoms with Crippen molar-refractivity contribution in [2.75, 3.05) is 12.4 Å². The zero-order chi connectivity index (χ0) is 14.7. The van der Waals surface area contributed by atoms with Gasteiger partial charge in [0, 0.05) is 11.6 Å². The van der Waals surface area contributed by atoms with Gasteiger partial charge in [-0.1, -0.05) is 35.5 Å². The standard InChI is InChI=1S/C13H11N5O3/c1-20-13-15-12(16-17-13)14-11(19)9-7-10(21-18-9)8-5-3-2-4-6-8/h2-7H,1H3,(H2,14,15,16,17,19). The van der Waals surface area contributed by atoms with E-state index in [1.54, 1.807) is 6.07 Å². The number of H-pyrrole nitrogens is 1. The highest BCUT2D eigenvalue weighted by Crippen LogP contribution is 2.20. The van der Waals surface area contributed by atoms with Crippen LogP contribution in [0.4, 0.5) is 5.95 Å². The Morgan fingerprint density at radius 3 is 2.86 bits per heavy atom. The van der Waals surface area contributed by atoms with E-state index in [2.05, 4.69) is 25.7 Å². The molecule has 21 heavy (non-hydrogen) atoms. The van der Waals surface area contributed by atoms with Crippen LogP contribution in [0.3, 0.4) is 0 Å². The summed E-state index contributed by atoms with van der Waals surface area (Å²) in [5.74, 6) is 0.219. The first-order chi connectivity index (χ1) is 10.3. The van der Waals surface area contributed by atoms with E-state index in [1.165, 1.54) is 7.11 Å². The maximum Gasteiger partial charge on any atom is 0.336 e. The van der Waals surface area contributed by atoms with E-state index >= 15 is 0 Å². The van der Waals surface area contributed by atoms with Crippen molar-refractivity contribution in [1.82, 2.24) is 20.3 Å². The van der Waals surface area contributed by atoms with E-state index in [4.69, 9.17) is 9.26 Å². The van der Waals surface area contributed by atoms with E-state index in [1.807, 2.05) is 30.3 Å². The molecule has 0 fully saturated rings. The second kappa shape index (κ2) is 5.45. The number of aromatic nitrogens is 4. The van der Waals surface area contributed by atoms with E-state index in [9.17, 15) is 4.79 Å². The highest BCUT2D eigenvalue weighted by molar-refractivity contribution is 6.02. The number of carbonyl (C=O) groups excluding carboxylic acids is 1. The number of amides is 1. The quantitative estimate of drug-likeness (QED) is 0.756. The van der Waals surface area contributed by atoms with Gasteiger partial charge >= 0.3 is 6.01 Å². The number of hydrogen-bond donors (Lipinski definition) is 2. The third-order valence-corrected chi connectivity index (χ3v) is 2.68. The minimum absolute atomic E-state index is 0.135. The Labute approximate surface area is 119 Å². The highest BCUT2D eigenvalue weighted by Gasteiger charge is 2.15. The van der Waals surface area contributed by atoms with Crippen molar-refractivity contribution in [3.05, 3.63) is 42.1 Å². The van der Waals surface area contributed by atoms with Crippen molar-refractivity contribution in [2.45, 2.75) is 0 Å². The van der Waals surface area contributed by atoms with Crippen LogP contribution >= 0.6 is 0 Å². The summed E-state index contributed by atoms with van der Waals surface area (Å²) in [6.07, 6.45) is 0. The highest BCUT2D eigenvalue weighted by atomic mass is 16.5. The average molecular weight is 285 g/mol. The van der Waals surface area contributed by atoms with Gasteiger partial charge in [0.15, 0.2) is 11.5 Å². The predicted octanol–water partition coefficient (Wildman–Crippen LogP) is 1.72. The molecule has 0 spiro atoms. The Hall–Kier alpha value is -3.16. The predicted molar refractivity (Wildman–Crippen MR) is 72.8 cm³/mol. The Morgan fingerprint density at radius 2 is 2.14 bits per heavy atom. The summed E-state index contributed by atoms with van der Waals surface area (Å²) in [6, 6.07) is 11.1. The number of aromatic amines is 1. The first-order valence-electron chi connectivity index (χ1n) is 6.06. The number of ether oxygens (including phenoxy) is 1. The minimum Gasteiger partial charge on any atom is -0.466 e. The molecule has 2 N–H and O–H groups in total. The first kappa shape index (κ1) is 12.9. The molecule has 0 atom stereocenters. The van der Waals surface area contributed by atoms with Gasteiger partial charge in [-0.25, -0.2) is 5.10 Å². The molecule has 0 unspecified atom stereocenters. The fourth-order valence-electron chi connectivity index (χ4n) is 1.69. The third kappa shape index (κ3) is 2.73. The molecular weight excluding hydrogens is 274 g/mol. The van der Waals surface area contributed by atoms with Gasteiger partial charge in [-0.2, -0.15) is 4.98 Å². The number of methoxy groups -OCH3 is 1. The molecule has 2 heterocycles. The van der Waals surface area contributed by atoms with Gasteiger partial charge in [-0.15, -0.1) is 5.10 Å². The number of rotatable bonds is 4. The molecule has 0 radical (unpaired) electrons. The summed E-state index contributed by atoms with van der Waals surface area (Å²) >= 11 is 0. The summed E-state index contributed by atoms with van der Waals surface area (Å²) < 4.78 is 9.96. The molecule has 3 aromatic rings. The lowest BCUT2D eigenvalue weighted by molar-refractivity contribution is 0.101. The number of nitrogens with zero attached hydrogens (tertiary/aromatic N) is 3. The van der Waals surface area contributed by atoms with Crippen molar-refractivity contribution < 1.29 is 14.1 Å². The molecule has 0 aliphatic heterocycles. The molecular formula is C13H11N5O3. The molecule has 0 bridgehead atoms. The van der Waals surface area contributed by atoms with Crippen LogP contribution in [-0.4, -0.2) is 33.4 Å². The third-order valence-electron chi connectivity index (χ3n) is 2.68. The molecule has 2 aromatic heterocycles. The van der Waals surface area contributed by atoms with Gasteiger partial charge in [0.05, 0.1) is 7.11 Å². The van der Waals surface area contributed by atoms with Crippen LogP contribution in [0.5, 0.6) is 6.01 Å². The summed E-state index contributed by atoms with van der Waals surface area (Å²) in [7, 11) is 1.43. The molecule has 1 aromatic carbocycles. The number of nitrogens with one attached hydrogen (secondary N) is 2. The summed E-state index contributed by atoms with van der Waals surface area (Å²) in [4.78, 5) is 15.9. The Kier molecular flexibility index (Phi) is 3.34. The van der Waals surface area contributed by atoms with Crippen LogP contribution in [0.1, 0.15) is 10.5 Å². The van der Waals surface area contributed by atoms with E-state index < -0.39 is 5.91 Å². The topological polar surface area (TPSA) is 106 Å². The van der Waals surface area contributed by atoms with Gasteiger partial charge in [0.2, 0.25) is 5.95 Å². The second-order valence-corrected chi connectivity index (χ2v) is 4.07. The summed E-state index contributed by atoms with van der Waals surface area (Å²) in [5, 5.41) is 12.5. The van der Waals surface area contributed by atoms with Crippen LogP contribution in [0.25, 0.3) is 11.3 Å². The monoisotopic (exact) mass is 285 g/mol. The zero-order valence-electron chi connectivity index (χ0n) is 11.0. The molecule has 106 valence electrons. The van der Waals surface area contributed by atoms with E-state index in [0.29, 0.717) is 5.76 Å². The summed E-state index contributed by atoms with van der Waals surface area (Å²) in [6.45, 7) is 0. The zero-order valence-corrected chi connectivity index (χ0v) is 11.0. The smallest absolute Gasteiger partial charge is 0.336 e. The average Bonchev–Trinajstić information content (AvgIpc) is 3.17. The maximum atomic E-state index is 12.0. The van der Waals surface area contributed by atoms with Crippen molar-refractivity contribution in [1.29, 1.82) is 0 Å². The Bertz CT molecular complexity index is 750. The number of hydrogen-bond acceptors (Lipinski definition) is 6. The van der Waals surface area contributed by atoms with Gasteiger partial charge in [0.25, 0.3) is 5.91 Å². The largest absolute Gasteiger partial charge is 0.466 e. The van der Waals surface area contributed by atoms with Gasteiger partial charge in [-0.3, -0.25) is 10.1 Å². The lowest BCUT2D eigenvalue weighted by Gasteiger charge is -1.95. The van der Waals surface area contributed by atoms with Gasteiger partial charge in [0.1, 0.15) is 0 Å². The van der Waals surface area contributed by atoms with E-state index in [0.717, 1.165) is 5.56 Å². The molecule has 3 rings (SSSR count). The molecule has 8 heteroatoms. The second-order valence-electron chi connectivity index (χ2n) is 4.07. The van der Waals surface area contributed by atoms with Crippen LogP contribution < -0.4 is 10.1 Å². The number of carbonyl (C=O) groups is 1. The van der Waals surface area contributed by atoms with Gasteiger partial charge in [-0.05, 0) is 0 Å². The Morgan fingerprint density at radius 1 is 1.33 bits per heavy atom.